The Bertz CT molecular complexity index is 618. The van der Waals surface area contributed by atoms with Crippen molar-refractivity contribution >= 4 is 23.5 Å². The first-order valence-corrected chi connectivity index (χ1v) is 8.12. The SMILES string of the molecule is CCc1ccccc1NC(=O)CNC(=O)CN1CCCC1C(=O)O. The summed E-state index contributed by atoms with van der Waals surface area (Å²) in [7, 11) is 0. The number of aryl methyl sites for hydroxylation is 1. The smallest absolute Gasteiger partial charge is 0.320 e. The van der Waals surface area contributed by atoms with E-state index in [1.54, 1.807) is 4.90 Å². The maximum atomic E-state index is 12.0. The van der Waals surface area contributed by atoms with E-state index < -0.39 is 12.0 Å². The third-order valence-corrected chi connectivity index (χ3v) is 4.11. The lowest BCUT2D eigenvalue weighted by Crippen LogP contribution is -2.44. The minimum atomic E-state index is -0.908. The van der Waals surface area contributed by atoms with Crippen molar-refractivity contribution in [1.82, 2.24) is 10.2 Å². The van der Waals surface area contributed by atoms with E-state index in [0.29, 0.717) is 13.0 Å². The number of carbonyl (C=O) groups excluding carboxylic acids is 2. The number of anilines is 1. The van der Waals surface area contributed by atoms with Crippen LogP contribution in [0.2, 0.25) is 0 Å². The van der Waals surface area contributed by atoms with Gasteiger partial charge in [0.1, 0.15) is 6.04 Å². The van der Waals surface area contributed by atoms with Gasteiger partial charge in [0, 0.05) is 5.69 Å². The molecule has 0 spiro atoms. The van der Waals surface area contributed by atoms with Crippen molar-refractivity contribution in [1.29, 1.82) is 0 Å². The normalized spacial score (nSPS) is 17.5. The summed E-state index contributed by atoms with van der Waals surface area (Å²) < 4.78 is 0. The zero-order valence-corrected chi connectivity index (χ0v) is 13.7. The van der Waals surface area contributed by atoms with Gasteiger partial charge in [-0.3, -0.25) is 19.3 Å². The molecule has 24 heavy (non-hydrogen) atoms. The van der Waals surface area contributed by atoms with Crippen molar-refractivity contribution in [3.05, 3.63) is 29.8 Å². The highest BCUT2D eigenvalue weighted by molar-refractivity contribution is 5.95. The van der Waals surface area contributed by atoms with E-state index in [2.05, 4.69) is 10.6 Å². The number of carbonyl (C=O) groups is 3. The molecule has 0 saturated carbocycles. The van der Waals surface area contributed by atoms with Crippen LogP contribution < -0.4 is 10.6 Å². The Morgan fingerprint density at radius 3 is 2.71 bits per heavy atom. The van der Waals surface area contributed by atoms with E-state index >= 15 is 0 Å². The fraction of sp³-hybridized carbons (Fsp3) is 0.471. The Labute approximate surface area is 141 Å². The third-order valence-electron chi connectivity index (χ3n) is 4.11. The van der Waals surface area contributed by atoms with Gasteiger partial charge in [-0.15, -0.1) is 0 Å². The zero-order valence-electron chi connectivity index (χ0n) is 13.7. The Kier molecular flexibility index (Phi) is 6.31. The summed E-state index contributed by atoms with van der Waals surface area (Å²) >= 11 is 0. The van der Waals surface area contributed by atoms with Crippen LogP contribution in [-0.2, 0) is 20.8 Å². The molecule has 2 amide bonds. The topological polar surface area (TPSA) is 98.7 Å². The molecule has 1 unspecified atom stereocenters. The second-order valence-electron chi connectivity index (χ2n) is 5.80. The molecule has 1 aromatic carbocycles. The van der Waals surface area contributed by atoms with Crippen molar-refractivity contribution in [2.75, 3.05) is 25.0 Å². The van der Waals surface area contributed by atoms with Crippen LogP contribution in [0.15, 0.2) is 24.3 Å². The summed E-state index contributed by atoms with van der Waals surface area (Å²) in [6.07, 6.45) is 2.11. The molecule has 1 atom stereocenters. The molecule has 2 rings (SSSR count). The lowest BCUT2D eigenvalue weighted by molar-refractivity contribution is -0.142. The molecule has 1 aromatic rings. The van der Waals surface area contributed by atoms with Crippen molar-refractivity contribution in [2.45, 2.75) is 32.2 Å². The molecule has 0 aromatic heterocycles. The molecule has 1 aliphatic heterocycles. The predicted octanol–water partition coefficient (Wildman–Crippen LogP) is 0.853. The van der Waals surface area contributed by atoms with Gasteiger partial charge in [-0.2, -0.15) is 0 Å². The lowest BCUT2D eigenvalue weighted by Gasteiger charge is -2.20. The second kappa shape index (κ2) is 8.44. The molecule has 1 fully saturated rings. The van der Waals surface area contributed by atoms with Crippen molar-refractivity contribution in [3.63, 3.8) is 0 Å². The van der Waals surface area contributed by atoms with Crippen LogP contribution in [0.25, 0.3) is 0 Å². The number of aliphatic carboxylic acids is 1. The third kappa shape index (κ3) is 4.79. The monoisotopic (exact) mass is 333 g/mol. The minimum Gasteiger partial charge on any atom is -0.480 e. The first-order chi connectivity index (χ1) is 11.5. The highest BCUT2D eigenvalue weighted by Crippen LogP contribution is 2.17. The summed E-state index contributed by atoms with van der Waals surface area (Å²) in [6.45, 7) is 2.44. The number of benzene rings is 1. The minimum absolute atomic E-state index is 0.00417. The summed E-state index contributed by atoms with van der Waals surface area (Å²) in [5, 5.41) is 14.4. The first-order valence-electron chi connectivity index (χ1n) is 8.12. The standard InChI is InChI=1S/C17H23N3O4/c1-2-12-6-3-4-7-13(12)19-15(21)10-18-16(22)11-20-9-5-8-14(20)17(23)24/h3-4,6-7,14H,2,5,8-11H2,1H3,(H,18,22)(H,19,21)(H,23,24). The summed E-state index contributed by atoms with van der Waals surface area (Å²) in [6, 6.07) is 6.90. The van der Waals surface area contributed by atoms with Crippen LogP contribution in [0.4, 0.5) is 5.69 Å². The molecule has 1 heterocycles. The Morgan fingerprint density at radius 2 is 2.00 bits per heavy atom. The Balaban J connectivity index is 1.79. The number of nitrogens with zero attached hydrogens (tertiary/aromatic N) is 1. The number of nitrogens with one attached hydrogen (secondary N) is 2. The molecule has 0 aliphatic carbocycles. The van der Waals surface area contributed by atoms with Crippen molar-refractivity contribution in [3.8, 4) is 0 Å². The molecular formula is C17H23N3O4. The number of carboxylic acids is 1. The highest BCUT2D eigenvalue weighted by atomic mass is 16.4. The number of amides is 2. The van der Waals surface area contributed by atoms with Crippen molar-refractivity contribution < 1.29 is 19.5 Å². The van der Waals surface area contributed by atoms with Crippen LogP contribution in [0, 0.1) is 0 Å². The van der Waals surface area contributed by atoms with Crippen LogP contribution >= 0.6 is 0 Å². The molecule has 1 aliphatic rings. The fourth-order valence-corrected chi connectivity index (χ4v) is 2.86. The number of rotatable bonds is 7. The molecule has 0 bridgehead atoms. The quantitative estimate of drug-likeness (QED) is 0.687. The van der Waals surface area contributed by atoms with E-state index in [-0.39, 0.29) is 24.9 Å². The number of carboxylic acid groups (broad SMARTS) is 1. The molecule has 130 valence electrons. The molecule has 7 nitrogen and oxygen atoms in total. The van der Waals surface area contributed by atoms with Crippen molar-refractivity contribution in [2.24, 2.45) is 0 Å². The van der Waals surface area contributed by atoms with E-state index in [9.17, 15) is 14.4 Å². The van der Waals surface area contributed by atoms with Gasteiger partial charge in [-0.25, -0.2) is 0 Å². The summed E-state index contributed by atoms with van der Waals surface area (Å²) in [4.78, 5) is 36.6. The van der Waals surface area contributed by atoms with Gasteiger partial charge in [-0.1, -0.05) is 25.1 Å². The Hall–Kier alpha value is -2.41. The molecular weight excluding hydrogens is 310 g/mol. The van der Waals surface area contributed by atoms with Crippen LogP contribution in [-0.4, -0.2) is 53.5 Å². The van der Waals surface area contributed by atoms with E-state index in [0.717, 1.165) is 24.1 Å². The van der Waals surface area contributed by atoms with E-state index in [1.807, 2.05) is 31.2 Å². The van der Waals surface area contributed by atoms with Gasteiger partial charge in [0.2, 0.25) is 11.8 Å². The maximum absolute atomic E-state index is 12.0. The second-order valence-corrected chi connectivity index (χ2v) is 5.80. The fourth-order valence-electron chi connectivity index (χ4n) is 2.86. The largest absolute Gasteiger partial charge is 0.480 e. The highest BCUT2D eigenvalue weighted by Gasteiger charge is 2.31. The predicted molar refractivity (Wildman–Crippen MR) is 89.7 cm³/mol. The molecule has 3 N–H and O–H groups in total. The lowest BCUT2D eigenvalue weighted by atomic mass is 10.1. The molecule has 7 heteroatoms. The van der Waals surface area contributed by atoms with Gasteiger partial charge < -0.3 is 15.7 Å². The van der Waals surface area contributed by atoms with Crippen LogP contribution in [0.5, 0.6) is 0 Å². The zero-order chi connectivity index (χ0) is 17.5. The number of hydrogen-bond acceptors (Lipinski definition) is 4. The van der Waals surface area contributed by atoms with Crippen LogP contribution in [0.3, 0.4) is 0 Å². The average Bonchev–Trinajstić information content (AvgIpc) is 3.02. The van der Waals surface area contributed by atoms with Gasteiger partial charge in [-0.05, 0) is 37.4 Å². The van der Waals surface area contributed by atoms with Crippen LogP contribution in [0.1, 0.15) is 25.3 Å². The molecule has 1 saturated heterocycles. The van der Waals surface area contributed by atoms with Gasteiger partial charge in [0.25, 0.3) is 0 Å². The van der Waals surface area contributed by atoms with Gasteiger partial charge in [0.05, 0.1) is 13.1 Å². The number of likely N-dealkylation sites (tertiary alicyclic amines) is 1. The number of hydrogen-bond donors (Lipinski definition) is 3. The van der Waals surface area contributed by atoms with Gasteiger partial charge >= 0.3 is 5.97 Å². The van der Waals surface area contributed by atoms with E-state index in [4.69, 9.17) is 5.11 Å². The summed E-state index contributed by atoms with van der Waals surface area (Å²) in [5.41, 5.74) is 1.77. The maximum Gasteiger partial charge on any atom is 0.320 e. The average molecular weight is 333 g/mol. The first kappa shape index (κ1) is 17.9. The molecule has 0 radical (unpaired) electrons. The Morgan fingerprint density at radius 1 is 1.25 bits per heavy atom. The summed E-state index contributed by atoms with van der Waals surface area (Å²) in [5.74, 6) is -1.56. The number of para-hydroxylation sites is 1. The van der Waals surface area contributed by atoms with E-state index in [1.165, 1.54) is 0 Å². The van der Waals surface area contributed by atoms with Gasteiger partial charge in [0.15, 0.2) is 0 Å².